The monoisotopic (exact) mass is 428 g/mol. The predicted molar refractivity (Wildman–Crippen MR) is 105 cm³/mol. The van der Waals surface area contributed by atoms with Crippen molar-refractivity contribution in [1.29, 1.82) is 0 Å². The number of esters is 2. The van der Waals surface area contributed by atoms with Crippen molar-refractivity contribution < 1.29 is 38.9 Å². The summed E-state index contributed by atoms with van der Waals surface area (Å²) in [6.07, 6.45) is 0.801. The number of thiol groups is 2. The molecular formula is C15H28N2O8S2. The third-order valence-corrected chi connectivity index (χ3v) is 3.21. The van der Waals surface area contributed by atoms with Gasteiger partial charge in [-0.25, -0.2) is 4.79 Å². The molecule has 0 bridgehead atoms. The lowest BCUT2D eigenvalue weighted by Gasteiger charge is -2.09. The van der Waals surface area contributed by atoms with Gasteiger partial charge >= 0.3 is 23.9 Å². The molecule has 0 rings (SSSR count). The molecule has 0 heterocycles. The lowest BCUT2D eigenvalue weighted by molar-refractivity contribution is -0.159. The van der Waals surface area contributed by atoms with Gasteiger partial charge in [0.1, 0.15) is 12.1 Å². The maximum Gasteiger partial charge on any atom is 0.327 e. The van der Waals surface area contributed by atoms with Crippen molar-refractivity contribution in [2.24, 2.45) is 5.73 Å². The first-order chi connectivity index (χ1) is 12.5. The molecule has 0 aromatic heterocycles. The van der Waals surface area contributed by atoms with Crippen molar-refractivity contribution in [2.75, 3.05) is 11.5 Å². The van der Waals surface area contributed by atoms with Gasteiger partial charge in [0.15, 0.2) is 0 Å². The van der Waals surface area contributed by atoms with Crippen LogP contribution in [0.3, 0.4) is 0 Å². The molecule has 1 amide bonds. The number of carboxylic acid groups (broad SMARTS) is 2. The van der Waals surface area contributed by atoms with E-state index in [1.54, 1.807) is 20.8 Å². The number of aliphatic carboxylic acids is 2. The second-order valence-electron chi connectivity index (χ2n) is 4.67. The van der Waals surface area contributed by atoms with E-state index in [4.69, 9.17) is 15.9 Å². The van der Waals surface area contributed by atoms with Crippen molar-refractivity contribution in [1.82, 2.24) is 5.32 Å². The minimum absolute atomic E-state index is 0.112. The zero-order chi connectivity index (χ0) is 22.0. The Bertz CT molecular complexity index is 474. The molecular weight excluding hydrogens is 400 g/mol. The van der Waals surface area contributed by atoms with Gasteiger partial charge in [-0.1, -0.05) is 20.8 Å². The molecule has 27 heavy (non-hydrogen) atoms. The molecule has 0 spiro atoms. The topological polar surface area (TPSA) is 173 Å². The van der Waals surface area contributed by atoms with Crippen LogP contribution in [0.4, 0.5) is 0 Å². The summed E-state index contributed by atoms with van der Waals surface area (Å²) in [6, 6.07) is -1.69. The Morgan fingerprint density at radius 2 is 1.33 bits per heavy atom. The molecule has 0 fully saturated rings. The van der Waals surface area contributed by atoms with Gasteiger partial charge in [0.2, 0.25) is 5.91 Å². The number of carbonyl (C=O) groups is 5. The minimum Gasteiger partial charge on any atom is -0.480 e. The second kappa shape index (κ2) is 19.0. The van der Waals surface area contributed by atoms with Crippen LogP contribution in [0.25, 0.3) is 0 Å². The first-order valence-electron chi connectivity index (χ1n) is 7.96. The van der Waals surface area contributed by atoms with Crippen LogP contribution in [0.5, 0.6) is 0 Å². The molecule has 12 heteroatoms. The molecule has 10 nitrogen and oxygen atoms in total. The van der Waals surface area contributed by atoms with Crippen molar-refractivity contribution in [3.63, 3.8) is 0 Å². The predicted octanol–water partition coefficient (Wildman–Crippen LogP) is 0.0999. The molecule has 0 aliphatic rings. The Balaban J connectivity index is -0.000000329. The smallest absolute Gasteiger partial charge is 0.327 e. The van der Waals surface area contributed by atoms with Gasteiger partial charge in [-0.15, -0.1) is 0 Å². The fraction of sp³-hybridized carbons (Fsp3) is 0.667. The molecule has 0 aliphatic carbocycles. The molecule has 2 atom stereocenters. The molecule has 0 aliphatic heterocycles. The van der Waals surface area contributed by atoms with Crippen molar-refractivity contribution >= 4 is 55.0 Å². The molecule has 0 aromatic carbocycles. The average Bonchev–Trinajstić information content (AvgIpc) is 2.65. The summed E-state index contributed by atoms with van der Waals surface area (Å²) < 4.78 is 4.27. The van der Waals surface area contributed by atoms with E-state index in [0.29, 0.717) is 0 Å². The highest BCUT2D eigenvalue weighted by molar-refractivity contribution is 7.80. The van der Waals surface area contributed by atoms with Crippen molar-refractivity contribution in [2.45, 2.75) is 52.1 Å². The van der Waals surface area contributed by atoms with E-state index in [2.05, 4.69) is 35.3 Å². The Labute approximate surface area is 169 Å². The summed E-state index contributed by atoms with van der Waals surface area (Å²) >= 11 is 7.42. The standard InChI is InChI=1S/C6H11NO3S.C6H10O3.C3H7NO2S/c1-2-5(8)7-4(3-11)6(9)10;1-3-5(7)9-6(8)4-2;4-2(1-7)3(5)6/h4,11H,2-3H2,1H3,(H,7,8)(H,9,10);3-4H2,1-2H3;2,7H,1,4H2,(H,5,6)/t4-;;2-/m0.0/s1. The van der Waals surface area contributed by atoms with Gasteiger partial charge in [-0.3, -0.25) is 19.2 Å². The van der Waals surface area contributed by atoms with E-state index in [0.717, 1.165) is 0 Å². The number of nitrogens with one attached hydrogen (secondary N) is 1. The number of amides is 1. The average molecular weight is 429 g/mol. The summed E-state index contributed by atoms with van der Waals surface area (Å²) in [6.45, 7) is 4.95. The van der Waals surface area contributed by atoms with Crippen LogP contribution >= 0.6 is 25.3 Å². The molecule has 5 N–H and O–H groups in total. The summed E-state index contributed by atoms with van der Waals surface area (Å²) in [4.78, 5) is 51.4. The largest absolute Gasteiger partial charge is 0.480 e. The first kappa shape index (κ1) is 30.0. The quantitative estimate of drug-likeness (QED) is 0.178. The first-order valence-corrected chi connectivity index (χ1v) is 9.22. The Kier molecular flexibility index (Phi) is 21.1. The van der Waals surface area contributed by atoms with Gasteiger partial charge in [-0.05, 0) is 0 Å². The van der Waals surface area contributed by atoms with Crippen LogP contribution in [0.2, 0.25) is 0 Å². The summed E-state index contributed by atoms with van der Waals surface area (Å²) in [5.41, 5.74) is 4.94. The molecule has 158 valence electrons. The second-order valence-corrected chi connectivity index (χ2v) is 5.41. The lowest BCUT2D eigenvalue weighted by Crippen LogP contribution is -2.41. The van der Waals surface area contributed by atoms with Gasteiger partial charge in [-0.2, -0.15) is 25.3 Å². The summed E-state index contributed by atoms with van der Waals surface area (Å²) in [7, 11) is 0. The maximum absolute atomic E-state index is 10.7. The molecule has 0 saturated heterocycles. The van der Waals surface area contributed by atoms with Gasteiger partial charge in [0, 0.05) is 30.8 Å². The molecule has 0 saturated carbocycles. The van der Waals surface area contributed by atoms with E-state index >= 15 is 0 Å². The number of rotatable bonds is 8. The van der Waals surface area contributed by atoms with Gasteiger partial charge in [0.05, 0.1) is 0 Å². The number of carboxylic acids is 2. The summed E-state index contributed by atoms with van der Waals surface area (Å²) in [5, 5.41) is 18.8. The van der Waals surface area contributed by atoms with E-state index in [1.165, 1.54) is 0 Å². The van der Waals surface area contributed by atoms with Gasteiger partial charge < -0.3 is 26.0 Å². The molecule has 0 unspecified atom stereocenters. The Morgan fingerprint density at radius 1 is 0.889 bits per heavy atom. The van der Waals surface area contributed by atoms with Crippen LogP contribution in [0.15, 0.2) is 0 Å². The van der Waals surface area contributed by atoms with Crippen LogP contribution in [0, 0.1) is 0 Å². The Hall–Kier alpha value is -1.79. The molecule has 0 radical (unpaired) electrons. The maximum atomic E-state index is 10.7. The minimum atomic E-state index is -1.05. The van der Waals surface area contributed by atoms with Crippen LogP contribution in [0.1, 0.15) is 40.0 Å². The number of ether oxygens (including phenoxy) is 1. The van der Waals surface area contributed by atoms with E-state index in [1.807, 2.05) is 0 Å². The third kappa shape index (κ3) is 20.4. The number of carbonyl (C=O) groups excluding carboxylic acids is 3. The number of hydrogen-bond donors (Lipinski definition) is 6. The SMILES string of the molecule is CCC(=O)N[C@@H](CS)C(=O)O.CCC(=O)OC(=O)CC.N[C@@H](CS)C(=O)O. The van der Waals surface area contributed by atoms with Crippen LogP contribution in [-0.4, -0.2) is 63.6 Å². The van der Waals surface area contributed by atoms with Crippen LogP contribution < -0.4 is 11.1 Å². The zero-order valence-electron chi connectivity index (χ0n) is 15.5. The van der Waals surface area contributed by atoms with E-state index < -0.39 is 36.0 Å². The number of nitrogens with two attached hydrogens (primary N) is 1. The van der Waals surface area contributed by atoms with Gasteiger partial charge in [0.25, 0.3) is 0 Å². The molecule has 0 aromatic rings. The van der Waals surface area contributed by atoms with Crippen molar-refractivity contribution in [3.05, 3.63) is 0 Å². The van der Waals surface area contributed by atoms with Crippen LogP contribution in [-0.2, 0) is 28.7 Å². The van der Waals surface area contributed by atoms with E-state index in [-0.39, 0.29) is 36.7 Å². The highest BCUT2D eigenvalue weighted by atomic mass is 32.1. The normalized spacial score (nSPS) is 11.3. The van der Waals surface area contributed by atoms with E-state index in [9.17, 15) is 24.0 Å². The summed E-state index contributed by atoms with van der Waals surface area (Å²) in [5.74, 6) is -2.94. The fourth-order valence-corrected chi connectivity index (χ4v) is 1.23. The fourth-order valence-electron chi connectivity index (χ4n) is 0.831. The van der Waals surface area contributed by atoms with Crippen molar-refractivity contribution in [3.8, 4) is 0 Å². The highest BCUT2D eigenvalue weighted by Crippen LogP contribution is 1.89. The third-order valence-electron chi connectivity index (χ3n) is 2.46. The zero-order valence-corrected chi connectivity index (χ0v) is 17.3. The highest BCUT2D eigenvalue weighted by Gasteiger charge is 2.16. The Morgan fingerprint density at radius 3 is 1.52 bits per heavy atom. The lowest BCUT2D eigenvalue weighted by atomic mass is 10.3. The number of hydrogen-bond acceptors (Lipinski definition) is 9.